The van der Waals surface area contributed by atoms with Gasteiger partial charge in [0, 0.05) is 48.4 Å². The molecule has 1 atom stereocenters. The number of fused-ring (bicyclic) bond motifs is 2. The van der Waals surface area contributed by atoms with Crippen molar-refractivity contribution in [1.29, 1.82) is 0 Å². The van der Waals surface area contributed by atoms with Crippen LogP contribution >= 0.6 is 0 Å². The van der Waals surface area contributed by atoms with Gasteiger partial charge in [-0.05, 0) is 24.3 Å². The molecule has 0 radical (unpaired) electrons. The topological polar surface area (TPSA) is 102 Å². The van der Waals surface area contributed by atoms with Crippen LogP contribution in [-0.2, 0) is 11.8 Å². The maximum atomic E-state index is 15.1. The Morgan fingerprint density at radius 2 is 1.75 bits per heavy atom. The van der Waals surface area contributed by atoms with Crippen molar-refractivity contribution in [2.75, 3.05) is 31.2 Å². The minimum absolute atomic E-state index is 0.0484. The molecule has 3 aromatic heterocycles. The summed E-state index contributed by atoms with van der Waals surface area (Å²) in [5.41, 5.74) is 2.81. The lowest BCUT2D eigenvalue weighted by Gasteiger charge is -2.29. The van der Waals surface area contributed by atoms with Gasteiger partial charge in [0.1, 0.15) is 41.6 Å². The second kappa shape index (κ2) is 8.85. The highest BCUT2D eigenvalue weighted by atomic mass is 19.1. The van der Waals surface area contributed by atoms with Gasteiger partial charge in [0.25, 0.3) is 0 Å². The van der Waals surface area contributed by atoms with Gasteiger partial charge in [0.05, 0.1) is 30.8 Å². The molecule has 2 aromatic carbocycles. The lowest BCUT2D eigenvalue weighted by molar-refractivity contribution is 0.122. The Balaban J connectivity index is 1.45. The average molecular weight is 489 g/mol. The molecule has 1 aliphatic heterocycles. The smallest absolute Gasteiger partial charge is 0.181 e. The molecular formula is C25H21F2N7O2. The summed E-state index contributed by atoms with van der Waals surface area (Å²) in [5, 5.41) is 11.7. The summed E-state index contributed by atoms with van der Waals surface area (Å²) in [5.74, 6) is -1.69. The third-order valence-corrected chi connectivity index (χ3v) is 6.43. The fraction of sp³-hybridized carbons (Fsp3) is 0.240. The number of halogens is 2. The number of aryl methyl sites for hydroxylation is 1. The van der Waals surface area contributed by atoms with E-state index in [1.807, 2.05) is 18.2 Å². The molecule has 182 valence electrons. The quantitative estimate of drug-likeness (QED) is 0.411. The molecule has 9 nitrogen and oxygen atoms in total. The molecule has 11 heteroatoms. The van der Waals surface area contributed by atoms with Crippen molar-refractivity contribution in [1.82, 2.24) is 29.5 Å². The van der Waals surface area contributed by atoms with Gasteiger partial charge in [-0.25, -0.2) is 33.7 Å². The molecule has 5 aromatic rings. The van der Waals surface area contributed by atoms with E-state index in [-0.39, 0.29) is 16.8 Å². The van der Waals surface area contributed by atoms with Gasteiger partial charge in [0.2, 0.25) is 0 Å². The summed E-state index contributed by atoms with van der Waals surface area (Å²) in [6, 6.07) is 7.71. The number of hydrogen-bond acceptors (Lipinski definition) is 8. The molecule has 0 saturated carbocycles. The van der Waals surface area contributed by atoms with Crippen LogP contribution < -0.4 is 4.90 Å². The highest BCUT2D eigenvalue weighted by Gasteiger charge is 2.25. The Kier molecular flexibility index (Phi) is 5.50. The Morgan fingerprint density at radius 1 is 0.944 bits per heavy atom. The molecular weight excluding hydrogens is 468 g/mol. The minimum Gasteiger partial charge on any atom is -0.382 e. The lowest BCUT2D eigenvalue weighted by atomic mass is 9.98. The van der Waals surface area contributed by atoms with Gasteiger partial charge in [-0.1, -0.05) is 0 Å². The zero-order chi connectivity index (χ0) is 24.8. The Labute approximate surface area is 204 Å². The van der Waals surface area contributed by atoms with Gasteiger partial charge < -0.3 is 19.3 Å². The van der Waals surface area contributed by atoms with Crippen LogP contribution in [0.5, 0.6) is 0 Å². The van der Waals surface area contributed by atoms with E-state index in [0.29, 0.717) is 41.0 Å². The summed E-state index contributed by atoms with van der Waals surface area (Å²) in [7, 11) is 1.72. The van der Waals surface area contributed by atoms with Gasteiger partial charge in [-0.3, -0.25) is 0 Å². The molecule has 1 N–H and O–H groups in total. The molecule has 36 heavy (non-hydrogen) atoms. The molecule has 1 saturated heterocycles. The van der Waals surface area contributed by atoms with Crippen molar-refractivity contribution in [3.8, 4) is 11.3 Å². The summed E-state index contributed by atoms with van der Waals surface area (Å²) >= 11 is 0. The van der Waals surface area contributed by atoms with Crippen LogP contribution in [0.15, 0.2) is 49.3 Å². The van der Waals surface area contributed by atoms with E-state index in [9.17, 15) is 9.50 Å². The van der Waals surface area contributed by atoms with Crippen molar-refractivity contribution in [2.45, 2.75) is 6.10 Å². The summed E-state index contributed by atoms with van der Waals surface area (Å²) in [4.78, 5) is 23.3. The number of aliphatic hydroxyl groups excluding tert-OH is 1. The number of imidazole rings is 1. The third-order valence-electron chi connectivity index (χ3n) is 6.43. The van der Waals surface area contributed by atoms with Crippen molar-refractivity contribution in [3.05, 3.63) is 72.2 Å². The van der Waals surface area contributed by atoms with E-state index in [0.717, 1.165) is 24.8 Å². The monoisotopic (exact) mass is 489 g/mol. The predicted octanol–water partition coefficient (Wildman–Crippen LogP) is 3.17. The number of rotatable bonds is 4. The Hall–Kier alpha value is -4.09. The maximum Gasteiger partial charge on any atom is 0.181 e. The first-order chi connectivity index (χ1) is 17.5. The van der Waals surface area contributed by atoms with Crippen LogP contribution in [0.4, 0.5) is 14.5 Å². The first-order valence-corrected chi connectivity index (χ1v) is 11.4. The van der Waals surface area contributed by atoms with Crippen molar-refractivity contribution in [2.24, 2.45) is 7.05 Å². The van der Waals surface area contributed by atoms with E-state index in [4.69, 9.17) is 4.74 Å². The van der Waals surface area contributed by atoms with E-state index < -0.39 is 17.7 Å². The molecule has 0 amide bonds. The summed E-state index contributed by atoms with van der Waals surface area (Å²) in [6.07, 6.45) is 2.65. The maximum absolute atomic E-state index is 15.1. The van der Waals surface area contributed by atoms with Crippen molar-refractivity contribution >= 4 is 27.8 Å². The van der Waals surface area contributed by atoms with Crippen LogP contribution in [0.3, 0.4) is 0 Å². The molecule has 4 heterocycles. The largest absolute Gasteiger partial charge is 0.382 e. The SMILES string of the molecule is Cn1cnc2ncnc([C@@H](O)c3cc(-c4ncnc5cc(N6CCOCC6)ccc45)c(F)cc3F)c21. The van der Waals surface area contributed by atoms with Crippen molar-refractivity contribution < 1.29 is 18.6 Å². The second-order valence-corrected chi connectivity index (χ2v) is 8.57. The summed E-state index contributed by atoms with van der Waals surface area (Å²) < 4.78 is 37.1. The van der Waals surface area contributed by atoms with Gasteiger partial charge >= 0.3 is 0 Å². The van der Waals surface area contributed by atoms with Crippen LogP contribution in [-0.4, -0.2) is 60.9 Å². The molecule has 0 aliphatic carbocycles. The van der Waals surface area contributed by atoms with E-state index in [1.54, 1.807) is 11.6 Å². The minimum atomic E-state index is -1.48. The van der Waals surface area contributed by atoms with Gasteiger partial charge in [0.15, 0.2) is 5.65 Å². The standard InChI is InChI=1S/C25H21F2N7O2/c1-33-13-32-25-23(33)22(30-12-31-25)24(35)17-9-16(18(26)10-19(17)27)21-15-3-2-14(8-20(15)28-11-29-21)34-4-6-36-7-5-34/h2-3,8-13,24,35H,4-7H2,1H3/t24-/m0/s1. The number of benzene rings is 2. The zero-order valence-corrected chi connectivity index (χ0v) is 19.3. The fourth-order valence-electron chi connectivity index (χ4n) is 4.60. The molecule has 1 fully saturated rings. The molecule has 0 spiro atoms. The second-order valence-electron chi connectivity index (χ2n) is 8.57. The lowest BCUT2D eigenvalue weighted by Crippen LogP contribution is -2.36. The highest BCUT2D eigenvalue weighted by Crippen LogP contribution is 2.35. The highest BCUT2D eigenvalue weighted by molar-refractivity contribution is 5.94. The van der Waals surface area contributed by atoms with Gasteiger partial charge in [-0.2, -0.15) is 0 Å². The zero-order valence-electron chi connectivity index (χ0n) is 19.3. The molecule has 6 rings (SSSR count). The predicted molar refractivity (Wildman–Crippen MR) is 128 cm³/mol. The number of ether oxygens (including phenoxy) is 1. The normalized spacial score (nSPS) is 15.1. The number of aromatic nitrogens is 6. The summed E-state index contributed by atoms with van der Waals surface area (Å²) in [6.45, 7) is 2.83. The van der Waals surface area contributed by atoms with Gasteiger partial charge in [-0.15, -0.1) is 0 Å². The number of aliphatic hydroxyl groups is 1. The number of nitrogens with zero attached hydrogens (tertiary/aromatic N) is 7. The fourth-order valence-corrected chi connectivity index (χ4v) is 4.60. The van der Waals surface area contributed by atoms with Crippen LogP contribution in [0.1, 0.15) is 17.4 Å². The number of hydrogen-bond donors (Lipinski definition) is 1. The Morgan fingerprint density at radius 3 is 2.58 bits per heavy atom. The number of anilines is 1. The number of morpholine rings is 1. The third kappa shape index (κ3) is 3.73. The Bertz CT molecular complexity index is 1600. The van der Waals surface area contributed by atoms with Crippen LogP contribution in [0.25, 0.3) is 33.3 Å². The van der Waals surface area contributed by atoms with E-state index in [1.165, 1.54) is 25.0 Å². The average Bonchev–Trinajstić information content (AvgIpc) is 3.29. The van der Waals surface area contributed by atoms with Crippen LogP contribution in [0, 0.1) is 11.6 Å². The van der Waals surface area contributed by atoms with Crippen LogP contribution in [0.2, 0.25) is 0 Å². The van der Waals surface area contributed by atoms with E-state index in [2.05, 4.69) is 29.8 Å². The molecule has 1 aliphatic rings. The van der Waals surface area contributed by atoms with Crippen molar-refractivity contribution in [3.63, 3.8) is 0 Å². The first kappa shape index (κ1) is 22.4. The first-order valence-electron chi connectivity index (χ1n) is 11.4. The molecule has 0 unspecified atom stereocenters. The molecule has 0 bridgehead atoms. The van der Waals surface area contributed by atoms with E-state index >= 15 is 4.39 Å².